The van der Waals surface area contributed by atoms with Crippen LogP contribution in [0.5, 0.6) is 11.5 Å². The van der Waals surface area contributed by atoms with Gasteiger partial charge >= 0.3 is 0 Å². The van der Waals surface area contributed by atoms with E-state index in [-0.39, 0.29) is 47.1 Å². The predicted octanol–water partition coefficient (Wildman–Crippen LogP) is 3.01. The van der Waals surface area contributed by atoms with Crippen LogP contribution in [0, 0.1) is 11.6 Å². The lowest BCUT2D eigenvalue weighted by atomic mass is 10.1. The van der Waals surface area contributed by atoms with E-state index in [1.807, 2.05) is 0 Å². The van der Waals surface area contributed by atoms with E-state index >= 15 is 0 Å². The van der Waals surface area contributed by atoms with E-state index in [1.165, 1.54) is 22.9 Å². The molecule has 0 spiro atoms. The first-order valence-electron chi connectivity index (χ1n) is 11.3. The monoisotopic (exact) mass is 497 g/mol. The van der Waals surface area contributed by atoms with Gasteiger partial charge in [0.05, 0.1) is 12.6 Å². The van der Waals surface area contributed by atoms with Crippen molar-refractivity contribution < 1.29 is 28.2 Å². The summed E-state index contributed by atoms with van der Waals surface area (Å²) in [6, 6.07) is 9.05. The fourth-order valence-corrected chi connectivity index (χ4v) is 4.15. The Bertz CT molecular complexity index is 1310. The van der Waals surface area contributed by atoms with E-state index in [9.17, 15) is 18.4 Å². The minimum Gasteiger partial charge on any atom is -0.454 e. The molecule has 1 unspecified atom stereocenters. The number of nitrogen functional groups attached to an aromatic ring is 1. The van der Waals surface area contributed by atoms with Gasteiger partial charge in [-0.2, -0.15) is 5.10 Å². The number of nitrogens with two attached hydrogens (primary N) is 2. The lowest BCUT2D eigenvalue weighted by Crippen LogP contribution is -2.40. The van der Waals surface area contributed by atoms with Gasteiger partial charge in [-0.1, -0.05) is 6.08 Å². The van der Waals surface area contributed by atoms with Gasteiger partial charge in [0.25, 0.3) is 5.91 Å². The first-order valence-corrected chi connectivity index (χ1v) is 11.3. The van der Waals surface area contributed by atoms with E-state index in [1.54, 1.807) is 29.2 Å². The third kappa shape index (κ3) is 5.20. The second-order valence-electron chi connectivity index (χ2n) is 8.28. The Morgan fingerprint density at radius 3 is 2.61 bits per heavy atom. The van der Waals surface area contributed by atoms with E-state index in [2.05, 4.69) is 5.10 Å². The van der Waals surface area contributed by atoms with Crippen molar-refractivity contribution in [2.24, 2.45) is 5.73 Å². The molecule has 3 aromatic rings. The molecule has 2 aromatic carbocycles. The zero-order valence-corrected chi connectivity index (χ0v) is 19.2. The predicted molar refractivity (Wildman–Crippen MR) is 128 cm³/mol. The van der Waals surface area contributed by atoms with Gasteiger partial charge in [0.15, 0.2) is 11.6 Å². The number of benzene rings is 2. The highest BCUT2D eigenvalue weighted by Gasteiger charge is 2.29. The van der Waals surface area contributed by atoms with E-state index in [0.717, 1.165) is 12.1 Å². The molecule has 0 aliphatic carbocycles. The first-order chi connectivity index (χ1) is 17.3. The fraction of sp³-hybridized carbons (Fsp3) is 0.240. The molecular formula is C25H25F2N5O4. The normalized spacial score (nSPS) is 15.9. The Morgan fingerprint density at radius 1 is 1.19 bits per heavy atom. The third-order valence-electron chi connectivity index (χ3n) is 5.86. The number of ether oxygens (including phenoxy) is 1. The number of carbonyl (C=O) groups is 2. The molecule has 1 aliphatic rings. The highest BCUT2D eigenvalue weighted by atomic mass is 19.1. The number of aliphatic hydroxyl groups excluding tert-OH is 1. The number of likely N-dealkylation sites (tertiary alicyclic amines) is 1. The Hall–Kier alpha value is -4.25. The van der Waals surface area contributed by atoms with Crippen molar-refractivity contribution in [3.8, 4) is 22.8 Å². The maximum Gasteiger partial charge on any atom is 0.254 e. The number of primary amides is 1. The van der Waals surface area contributed by atoms with Gasteiger partial charge in [-0.05, 0) is 49.2 Å². The number of piperidine rings is 1. The van der Waals surface area contributed by atoms with Gasteiger partial charge in [0.2, 0.25) is 5.91 Å². The Labute approximate surface area is 205 Å². The fourth-order valence-electron chi connectivity index (χ4n) is 4.15. The Kier molecular flexibility index (Phi) is 7.30. The number of amides is 2. The number of carbonyl (C=O) groups excluding carboxylic acids is 2. The maximum atomic E-state index is 13.9. The minimum absolute atomic E-state index is 0.0527. The summed E-state index contributed by atoms with van der Waals surface area (Å²) in [5.74, 6) is -2.30. The summed E-state index contributed by atoms with van der Waals surface area (Å²) in [7, 11) is 0. The van der Waals surface area contributed by atoms with Crippen molar-refractivity contribution in [1.29, 1.82) is 0 Å². The second-order valence-corrected chi connectivity index (χ2v) is 8.28. The zero-order chi connectivity index (χ0) is 25.8. The minimum atomic E-state index is -0.839. The lowest BCUT2D eigenvalue weighted by Gasteiger charge is -2.32. The van der Waals surface area contributed by atoms with Crippen molar-refractivity contribution in [2.75, 3.05) is 25.4 Å². The standard InChI is InChI=1S/C25H25F2N5O4/c26-16-7-10-20(19(27)13-16)36-18-8-5-15(6-9-18)23-22(25(29)35)24(28)32(30-23)17-3-1-11-31(14-17)21(34)4-2-12-33/h2,4-10,13,17,33H,1,3,11-12,14,28H2,(H2,29,35). The molecule has 1 fully saturated rings. The molecule has 1 aliphatic heterocycles. The summed E-state index contributed by atoms with van der Waals surface area (Å²) in [6.07, 6.45) is 4.08. The van der Waals surface area contributed by atoms with E-state index in [4.69, 9.17) is 21.3 Å². The van der Waals surface area contributed by atoms with Crippen LogP contribution in [0.15, 0.2) is 54.6 Å². The Balaban J connectivity index is 1.60. The van der Waals surface area contributed by atoms with E-state index < -0.39 is 17.5 Å². The number of rotatable bonds is 7. The summed E-state index contributed by atoms with van der Waals surface area (Å²) in [5.41, 5.74) is 12.8. The molecule has 1 atom stereocenters. The number of hydrogen-bond acceptors (Lipinski definition) is 6. The second kappa shape index (κ2) is 10.6. The Morgan fingerprint density at radius 2 is 1.94 bits per heavy atom. The number of nitrogens with zero attached hydrogens (tertiary/aromatic N) is 3. The van der Waals surface area contributed by atoms with Crippen LogP contribution in [0.25, 0.3) is 11.3 Å². The van der Waals surface area contributed by atoms with Crippen molar-refractivity contribution in [2.45, 2.75) is 18.9 Å². The van der Waals surface area contributed by atoms with Crippen LogP contribution in [0.4, 0.5) is 14.6 Å². The molecule has 2 heterocycles. The van der Waals surface area contributed by atoms with Crippen LogP contribution >= 0.6 is 0 Å². The summed E-state index contributed by atoms with van der Waals surface area (Å²) >= 11 is 0. The highest BCUT2D eigenvalue weighted by Crippen LogP contribution is 2.33. The number of anilines is 1. The van der Waals surface area contributed by atoms with Crippen LogP contribution in [-0.4, -0.2) is 51.3 Å². The molecule has 5 N–H and O–H groups in total. The lowest BCUT2D eigenvalue weighted by molar-refractivity contribution is -0.127. The van der Waals surface area contributed by atoms with Crippen molar-refractivity contribution in [3.63, 3.8) is 0 Å². The van der Waals surface area contributed by atoms with Gasteiger partial charge < -0.3 is 26.2 Å². The highest BCUT2D eigenvalue weighted by molar-refractivity contribution is 6.03. The van der Waals surface area contributed by atoms with Crippen molar-refractivity contribution >= 4 is 17.6 Å². The molecule has 0 bridgehead atoms. The topological polar surface area (TPSA) is 137 Å². The summed E-state index contributed by atoms with van der Waals surface area (Å²) < 4.78 is 34.0. The molecule has 9 nitrogen and oxygen atoms in total. The first kappa shape index (κ1) is 24.9. The van der Waals surface area contributed by atoms with Gasteiger partial charge in [-0.3, -0.25) is 9.59 Å². The van der Waals surface area contributed by atoms with Crippen molar-refractivity contribution in [3.05, 3.63) is 71.8 Å². The summed E-state index contributed by atoms with van der Waals surface area (Å²) in [4.78, 5) is 26.3. The smallest absolute Gasteiger partial charge is 0.254 e. The van der Waals surface area contributed by atoms with Gasteiger partial charge in [0, 0.05) is 30.8 Å². The molecule has 0 radical (unpaired) electrons. The SMILES string of the molecule is NC(=O)c1c(-c2ccc(Oc3ccc(F)cc3F)cc2)nn(C2CCCN(C(=O)C=CCO)C2)c1N. The van der Waals surface area contributed by atoms with E-state index in [0.29, 0.717) is 31.5 Å². The number of aromatic nitrogens is 2. The van der Waals surface area contributed by atoms with Gasteiger partial charge in [-0.15, -0.1) is 0 Å². The maximum absolute atomic E-state index is 13.9. The molecule has 11 heteroatoms. The summed E-state index contributed by atoms with van der Waals surface area (Å²) in [6.45, 7) is 0.648. The van der Waals surface area contributed by atoms with Crippen LogP contribution in [0.3, 0.4) is 0 Å². The van der Waals surface area contributed by atoms with Gasteiger partial charge in [0.1, 0.15) is 28.6 Å². The number of hydrogen-bond donors (Lipinski definition) is 3. The molecule has 2 amide bonds. The molecule has 1 saturated heterocycles. The molecule has 36 heavy (non-hydrogen) atoms. The van der Waals surface area contributed by atoms with Crippen LogP contribution in [0.2, 0.25) is 0 Å². The quantitative estimate of drug-likeness (QED) is 0.429. The molecule has 4 rings (SSSR count). The van der Waals surface area contributed by atoms with Crippen LogP contribution < -0.4 is 16.2 Å². The molecule has 1 aromatic heterocycles. The van der Waals surface area contributed by atoms with Crippen molar-refractivity contribution in [1.82, 2.24) is 14.7 Å². The van der Waals surface area contributed by atoms with Gasteiger partial charge in [-0.25, -0.2) is 13.5 Å². The average molecular weight is 498 g/mol. The molecule has 0 saturated carbocycles. The van der Waals surface area contributed by atoms with Crippen LogP contribution in [0.1, 0.15) is 29.2 Å². The molecule has 188 valence electrons. The largest absolute Gasteiger partial charge is 0.454 e. The average Bonchev–Trinajstić information content (AvgIpc) is 3.22. The number of aliphatic hydroxyl groups is 1. The number of halogens is 2. The third-order valence-corrected chi connectivity index (χ3v) is 5.86. The zero-order valence-electron chi connectivity index (χ0n) is 19.2. The van der Waals surface area contributed by atoms with Crippen LogP contribution in [-0.2, 0) is 4.79 Å². The summed E-state index contributed by atoms with van der Waals surface area (Å²) in [5, 5.41) is 13.5. The molecular weight excluding hydrogens is 472 g/mol.